The average molecular weight is 217 g/mol. The molecule has 0 bridgehead atoms. The molecule has 4 nitrogen and oxygen atoms in total. The van der Waals surface area contributed by atoms with Gasteiger partial charge in [-0.15, -0.1) is 0 Å². The fraction of sp³-hybridized carbons (Fsp3) is 0.333. The quantitative estimate of drug-likeness (QED) is 0.793. The minimum atomic E-state index is -0.456. The second-order valence-corrected chi connectivity index (χ2v) is 4.38. The number of aromatic nitrogens is 2. The van der Waals surface area contributed by atoms with Crippen molar-refractivity contribution in [3.63, 3.8) is 0 Å². The standard InChI is InChI=1S/C12H15N3O/c1-12(2,13-8-16)11-9-6-4-5-7-10(9)15(3)14-11/h4-8H,1-3H3,(H,13,16). The second kappa shape index (κ2) is 3.63. The van der Waals surface area contributed by atoms with E-state index in [1.54, 1.807) is 0 Å². The first-order valence-electron chi connectivity index (χ1n) is 5.20. The molecule has 4 heteroatoms. The average Bonchev–Trinajstić information content (AvgIpc) is 2.58. The Balaban J connectivity index is 2.65. The number of carbonyl (C=O) groups is 1. The zero-order chi connectivity index (χ0) is 11.8. The van der Waals surface area contributed by atoms with Gasteiger partial charge in [-0.1, -0.05) is 18.2 Å². The number of para-hydroxylation sites is 1. The molecule has 0 aliphatic heterocycles. The van der Waals surface area contributed by atoms with Crippen LogP contribution >= 0.6 is 0 Å². The molecule has 1 N–H and O–H groups in total. The third kappa shape index (κ3) is 1.56. The van der Waals surface area contributed by atoms with Crippen LogP contribution < -0.4 is 5.32 Å². The Kier molecular flexibility index (Phi) is 2.42. The number of rotatable bonds is 3. The Hall–Kier alpha value is -1.84. The van der Waals surface area contributed by atoms with Gasteiger partial charge in [-0.25, -0.2) is 0 Å². The van der Waals surface area contributed by atoms with E-state index < -0.39 is 5.54 Å². The lowest BCUT2D eigenvalue weighted by molar-refractivity contribution is -0.111. The Bertz CT molecular complexity index is 528. The maximum absolute atomic E-state index is 10.6. The van der Waals surface area contributed by atoms with E-state index in [0.29, 0.717) is 6.41 Å². The van der Waals surface area contributed by atoms with Gasteiger partial charge in [0.25, 0.3) is 0 Å². The Morgan fingerprint density at radius 1 is 1.38 bits per heavy atom. The molecule has 0 fully saturated rings. The van der Waals surface area contributed by atoms with Crippen LogP contribution in [0.25, 0.3) is 10.9 Å². The summed E-state index contributed by atoms with van der Waals surface area (Å²) in [6.07, 6.45) is 0.712. The van der Waals surface area contributed by atoms with E-state index in [-0.39, 0.29) is 0 Å². The summed E-state index contributed by atoms with van der Waals surface area (Å²) in [7, 11) is 1.91. The van der Waals surface area contributed by atoms with Crippen LogP contribution in [0.4, 0.5) is 0 Å². The van der Waals surface area contributed by atoms with Crippen molar-refractivity contribution in [2.24, 2.45) is 7.05 Å². The molecule has 0 radical (unpaired) electrons. The molecule has 1 amide bonds. The molecule has 0 saturated carbocycles. The SMILES string of the molecule is Cn1nc(C(C)(C)NC=O)c2ccccc21. The van der Waals surface area contributed by atoms with E-state index in [4.69, 9.17) is 0 Å². The molecule has 0 aliphatic carbocycles. The first-order chi connectivity index (χ1) is 7.56. The van der Waals surface area contributed by atoms with E-state index in [1.807, 2.05) is 49.8 Å². The summed E-state index contributed by atoms with van der Waals surface area (Å²) in [6, 6.07) is 7.99. The van der Waals surface area contributed by atoms with E-state index in [9.17, 15) is 4.79 Å². The number of amides is 1. The molecule has 0 spiro atoms. The molecule has 0 atom stereocenters. The number of nitrogens with one attached hydrogen (secondary N) is 1. The Labute approximate surface area is 94.3 Å². The van der Waals surface area contributed by atoms with Gasteiger partial charge in [0.15, 0.2) is 0 Å². The van der Waals surface area contributed by atoms with Crippen LogP contribution in [0.5, 0.6) is 0 Å². The van der Waals surface area contributed by atoms with Crippen LogP contribution in [0, 0.1) is 0 Å². The molecule has 2 aromatic rings. The summed E-state index contributed by atoms with van der Waals surface area (Å²) < 4.78 is 1.83. The Morgan fingerprint density at radius 3 is 2.75 bits per heavy atom. The number of nitrogens with zero attached hydrogens (tertiary/aromatic N) is 2. The molecule has 84 valence electrons. The van der Waals surface area contributed by atoms with Crippen LogP contribution in [0.15, 0.2) is 24.3 Å². The van der Waals surface area contributed by atoms with Crippen molar-refractivity contribution in [1.82, 2.24) is 15.1 Å². The van der Waals surface area contributed by atoms with Gasteiger partial charge in [0, 0.05) is 12.4 Å². The predicted octanol–water partition coefficient (Wildman–Crippen LogP) is 1.55. The van der Waals surface area contributed by atoms with Gasteiger partial charge in [-0.05, 0) is 19.9 Å². The molecular formula is C12H15N3O. The normalized spacial score (nSPS) is 11.7. The summed E-state index contributed by atoms with van der Waals surface area (Å²) in [6.45, 7) is 3.88. The molecule has 0 saturated heterocycles. The fourth-order valence-electron chi connectivity index (χ4n) is 1.89. The van der Waals surface area contributed by atoms with Crippen LogP contribution in [-0.4, -0.2) is 16.2 Å². The maximum atomic E-state index is 10.6. The monoisotopic (exact) mass is 217 g/mol. The number of hydrogen-bond donors (Lipinski definition) is 1. The number of fused-ring (bicyclic) bond motifs is 1. The summed E-state index contributed by atoms with van der Waals surface area (Å²) in [5, 5.41) is 8.34. The van der Waals surface area contributed by atoms with E-state index in [0.717, 1.165) is 16.6 Å². The molecular weight excluding hydrogens is 202 g/mol. The number of aryl methyl sites for hydroxylation is 1. The van der Waals surface area contributed by atoms with E-state index in [1.165, 1.54) is 0 Å². The lowest BCUT2D eigenvalue weighted by Gasteiger charge is -2.21. The summed E-state index contributed by atoms with van der Waals surface area (Å²) in [5.74, 6) is 0. The van der Waals surface area contributed by atoms with Crippen LogP contribution in [0.2, 0.25) is 0 Å². The lowest BCUT2D eigenvalue weighted by Crippen LogP contribution is -2.36. The highest BCUT2D eigenvalue weighted by Crippen LogP contribution is 2.26. The third-order valence-corrected chi connectivity index (χ3v) is 2.77. The molecule has 2 rings (SSSR count). The van der Waals surface area contributed by atoms with Gasteiger partial charge < -0.3 is 5.32 Å². The topological polar surface area (TPSA) is 46.9 Å². The van der Waals surface area contributed by atoms with Gasteiger partial charge >= 0.3 is 0 Å². The minimum Gasteiger partial charge on any atom is -0.348 e. The number of carbonyl (C=O) groups excluding carboxylic acids is 1. The first kappa shape index (κ1) is 10.7. The number of benzene rings is 1. The largest absolute Gasteiger partial charge is 0.348 e. The van der Waals surface area contributed by atoms with Crippen molar-refractivity contribution in [1.29, 1.82) is 0 Å². The molecule has 0 aliphatic rings. The smallest absolute Gasteiger partial charge is 0.207 e. The number of hydrogen-bond acceptors (Lipinski definition) is 2. The van der Waals surface area contributed by atoms with Gasteiger partial charge in [-0.3, -0.25) is 9.48 Å². The van der Waals surface area contributed by atoms with E-state index in [2.05, 4.69) is 10.4 Å². The molecule has 16 heavy (non-hydrogen) atoms. The zero-order valence-electron chi connectivity index (χ0n) is 9.69. The summed E-state index contributed by atoms with van der Waals surface area (Å²) in [4.78, 5) is 10.6. The molecule has 1 heterocycles. The molecule has 0 unspecified atom stereocenters. The predicted molar refractivity (Wildman–Crippen MR) is 62.9 cm³/mol. The molecule has 1 aromatic heterocycles. The summed E-state index contributed by atoms with van der Waals surface area (Å²) in [5.41, 5.74) is 1.50. The molecule has 1 aromatic carbocycles. The van der Waals surface area contributed by atoms with Crippen molar-refractivity contribution >= 4 is 17.3 Å². The summed E-state index contributed by atoms with van der Waals surface area (Å²) >= 11 is 0. The lowest BCUT2D eigenvalue weighted by atomic mass is 9.98. The van der Waals surface area contributed by atoms with Crippen LogP contribution in [0.3, 0.4) is 0 Å². The first-order valence-corrected chi connectivity index (χ1v) is 5.20. The highest BCUT2D eigenvalue weighted by molar-refractivity contribution is 5.83. The van der Waals surface area contributed by atoms with Gasteiger partial charge in [0.2, 0.25) is 6.41 Å². The van der Waals surface area contributed by atoms with Crippen molar-refractivity contribution in [2.75, 3.05) is 0 Å². The van der Waals surface area contributed by atoms with Crippen molar-refractivity contribution < 1.29 is 4.79 Å². The third-order valence-electron chi connectivity index (χ3n) is 2.77. The second-order valence-electron chi connectivity index (χ2n) is 4.38. The fourth-order valence-corrected chi connectivity index (χ4v) is 1.89. The van der Waals surface area contributed by atoms with Crippen molar-refractivity contribution in [3.05, 3.63) is 30.0 Å². The zero-order valence-corrected chi connectivity index (χ0v) is 9.69. The van der Waals surface area contributed by atoms with Crippen LogP contribution in [-0.2, 0) is 17.4 Å². The highest BCUT2D eigenvalue weighted by atomic mass is 16.1. The van der Waals surface area contributed by atoms with Crippen molar-refractivity contribution in [2.45, 2.75) is 19.4 Å². The Morgan fingerprint density at radius 2 is 2.06 bits per heavy atom. The van der Waals surface area contributed by atoms with Crippen molar-refractivity contribution in [3.8, 4) is 0 Å². The van der Waals surface area contributed by atoms with Gasteiger partial charge in [-0.2, -0.15) is 5.10 Å². The highest BCUT2D eigenvalue weighted by Gasteiger charge is 2.25. The van der Waals surface area contributed by atoms with Gasteiger partial charge in [0.1, 0.15) is 0 Å². The van der Waals surface area contributed by atoms with E-state index >= 15 is 0 Å². The minimum absolute atomic E-state index is 0.456. The van der Waals surface area contributed by atoms with Gasteiger partial charge in [0.05, 0.1) is 16.7 Å². The maximum Gasteiger partial charge on any atom is 0.207 e. The van der Waals surface area contributed by atoms with Crippen LogP contribution in [0.1, 0.15) is 19.5 Å².